The first-order valence-corrected chi connectivity index (χ1v) is 11.4. The lowest BCUT2D eigenvalue weighted by Gasteiger charge is -2.24. The highest BCUT2D eigenvalue weighted by molar-refractivity contribution is 7.91. The lowest BCUT2D eigenvalue weighted by Crippen LogP contribution is -2.40. The van der Waals surface area contributed by atoms with Crippen molar-refractivity contribution in [1.29, 1.82) is 0 Å². The van der Waals surface area contributed by atoms with Crippen LogP contribution in [0.5, 0.6) is 0 Å². The van der Waals surface area contributed by atoms with E-state index in [-0.39, 0.29) is 35.2 Å². The molecule has 1 fully saturated rings. The summed E-state index contributed by atoms with van der Waals surface area (Å²) in [5, 5.41) is -0.172. The first-order chi connectivity index (χ1) is 11.6. The van der Waals surface area contributed by atoms with Gasteiger partial charge in [-0.05, 0) is 18.6 Å². The second-order valence-corrected chi connectivity index (χ2v) is 10.4. The van der Waals surface area contributed by atoms with Gasteiger partial charge >= 0.3 is 0 Å². The number of para-hydroxylation sites is 2. The molecule has 2 aromatic rings. The first-order valence-electron chi connectivity index (χ1n) is 7.70. The van der Waals surface area contributed by atoms with Crippen molar-refractivity contribution in [2.45, 2.75) is 24.2 Å². The van der Waals surface area contributed by atoms with E-state index >= 15 is 0 Å². The highest BCUT2D eigenvalue weighted by atomic mass is 32.2. The minimum Gasteiger partial charge on any atom is -0.340 e. The van der Waals surface area contributed by atoms with E-state index in [0.29, 0.717) is 17.5 Å². The van der Waals surface area contributed by atoms with Crippen LogP contribution in [0.1, 0.15) is 6.42 Å². The Morgan fingerprint density at radius 1 is 1.36 bits per heavy atom. The summed E-state index contributed by atoms with van der Waals surface area (Å²) in [6.07, 6.45) is 1.44. The lowest BCUT2D eigenvalue weighted by molar-refractivity contribution is -0.132. The number of carbonyl (C=O) groups excluding carboxylic acids is 1. The van der Waals surface area contributed by atoms with Crippen LogP contribution in [0.15, 0.2) is 29.4 Å². The Hall–Kier alpha value is -1.94. The number of amides is 1. The standard InChI is InChI=1S/C15H19N3O5S2/c1-17(11-7-8-25(22,23)10-11)14(19)9-18-13-6-4-3-5-12(13)16-15(18)24(2,20)21/h3-6,11H,7-10H2,1-2H3. The number of nitrogens with zero attached hydrogens (tertiary/aromatic N) is 3. The fourth-order valence-electron chi connectivity index (χ4n) is 3.02. The third kappa shape index (κ3) is 3.54. The van der Waals surface area contributed by atoms with E-state index in [9.17, 15) is 21.6 Å². The molecule has 10 heteroatoms. The Balaban J connectivity index is 1.93. The quantitative estimate of drug-likeness (QED) is 0.738. The predicted octanol–water partition coefficient (Wildman–Crippen LogP) is 0.0853. The monoisotopic (exact) mass is 385 g/mol. The smallest absolute Gasteiger partial charge is 0.242 e. The van der Waals surface area contributed by atoms with Crippen LogP contribution in [0.25, 0.3) is 11.0 Å². The molecule has 1 aromatic carbocycles. The first kappa shape index (κ1) is 17.9. The number of hydrogen-bond acceptors (Lipinski definition) is 6. The van der Waals surface area contributed by atoms with Gasteiger partial charge in [-0.1, -0.05) is 12.1 Å². The molecule has 136 valence electrons. The van der Waals surface area contributed by atoms with E-state index in [1.807, 2.05) is 0 Å². The van der Waals surface area contributed by atoms with Crippen molar-refractivity contribution in [2.24, 2.45) is 0 Å². The number of aromatic nitrogens is 2. The van der Waals surface area contributed by atoms with Crippen molar-refractivity contribution in [3.8, 4) is 0 Å². The van der Waals surface area contributed by atoms with Crippen LogP contribution >= 0.6 is 0 Å². The number of likely N-dealkylation sites (N-methyl/N-ethyl adjacent to an activating group) is 1. The van der Waals surface area contributed by atoms with E-state index in [1.165, 1.54) is 9.47 Å². The molecule has 1 saturated heterocycles. The van der Waals surface area contributed by atoms with Crippen LogP contribution in [-0.4, -0.2) is 68.0 Å². The van der Waals surface area contributed by atoms with Crippen LogP contribution in [0, 0.1) is 0 Å². The van der Waals surface area contributed by atoms with Gasteiger partial charge in [-0.3, -0.25) is 4.79 Å². The van der Waals surface area contributed by atoms with Gasteiger partial charge in [0.15, 0.2) is 9.84 Å². The summed E-state index contributed by atoms with van der Waals surface area (Å²) >= 11 is 0. The van der Waals surface area contributed by atoms with Crippen molar-refractivity contribution >= 4 is 36.6 Å². The summed E-state index contributed by atoms with van der Waals surface area (Å²) in [5.74, 6) is -0.341. The topological polar surface area (TPSA) is 106 Å². The van der Waals surface area contributed by atoms with Crippen LogP contribution in [0.4, 0.5) is 0 Å². The van der Waals surface area contributed by atoms with Crippen LogP contribution in [0.2, 0.25) is 0 Å². The minimum absolute atomic E-state index is 0.0567. The van der Waals surface area contributed by atoms with Gasteiger partial charge in [0.2, 0.25) is 20.9 Å². The zero-order valence-corrected chi connectivity index (χ0v) is 15.5. The third-order valence-electron chi connectivity index (χ3n) is 4.39. The van der Waals surface area contributed by atoms with Crippen LogP contribution in [0.3, 0.4) is 0 Å². The summed E-state index contributed by atoms with van der Waals surface area (Å²) in [6.45, 7) is -0.212. The lowest BCUT2D eigenvalue weighted by atomic mass is 10.2. The second kappa shape index (κ2) is 6.10. The van der Waals surface area contributed by atoms with Gasteiger partial charge in [-0.15, -0.1) is 0 Å². The molecule has 1 unspecified atom stereocenters. The number of imidazole rings is 1. The van der Waals surface area contributed by atoms with Crippen molar-refractivity contribution in [3.05, 3.63) is 24.3 Å². The zero-order chi connectivity index (χ0) is 18.4. The number of carbonyl (C=O) groups is 1. The summed E-state index contributed by atoms with van der Waals surface area (Å²) in [4.78, 5) is 18.1. The number of sulfone groups is 2. The number of rotatable bonds is 4. The maximum Gasteiger partial charge on any atom is 0.242 e. The van der Waals surface area contributed by atoms with Gasteiger partial charge in [-0.2, -0.15) is 0 Å². The molecule has 1 aliphatic rings. The molecule has 0 saturated carbocycles. The Labute approximate surface area is 146 Å². The third-order valence-corrected chi connectivity index (χ3v) is 7.12. The molecule has 1 aromatic heterocycles. The van der Waals surface area contributed by atoms with Gasteiger partial charge in [0, 0.05) is 19.3 Å². The highest BCUT2D eigenvalue weighted by Gasteiger charge is 2.33. The largest absolute Gasteiger partial charge is 0.340 e. The van der Waals surface area contributed by atoms with E-state index in [0.717, 1.165) is 6.26 Å². The molecule has 25 heavy (non-hydrogen) atoms. The van der Waals surface area contributed by atoms with E-state index in [2.05, 4.69) is 4.98 Å². The zero-order valence-electron chi connectivity index (χ0n) is 13.9. The van der Waals surface area contributed by atoms with Gasteiger partial charge < -0.3 is 9.47 Å². The summed E-state index contributed by atoms with van der Waals surface area (Å²) in [7, 11) is -5.18. The van der Waals surface area contributed by atoms with E-state index < -0.39 is 19.7 Å². The van der Waals surface area contributed by atoms with Gasteiger partial charge in [0.1, 0.15) is 6.54 Å². The molecule has 1 aliphatic heterocycles. The Bertz CT molecular complexity index is 1040. The average Bonchev–Trinajstić information content (AvgIpc) is 3.07. The fraction of sp³-hybridized carbons (Fsp3) is 0.467. The summed E-state index contributed by atoms with van der Waals surface area (Å²) in [5.41, 5.74) is 1.03. The second-order valence-electron chi connectivity index (χ2n) is 6.30. The SMILES string of the molecule is CN(C(=O)Cn1c(S(C)(=O)=O)nc2ccccc21)C1CCS(=O)(=O)C1. The number of fused-ring (bicyclic) bond motifs is 1. The normalized spacial score (nSPS) is 20.0. The molecule has 0 N–H and O–H groups in total. The van der Waals surface area contributed by atoms with Crippen molar-refractivity contribution < 1.29 is 21.6 Å². The molecule has 0 bridgehead atoms. The van der Waals surface area contributed by atoms with Crippen LogP contribution in [-0.2, 0) is 31.0 Å². The van der Waals surface area contributed by atoms with Crippen molar-refractivity contribution in [3.63, 3.8) is 0 Å². The maximum atomic E-state index is 12.6. The van der Waals surface area contributed by atoms with Crippen molar-refractivity contribution in [1.82, 2.24) is 14.5 Å². The molecule has 0 spiro atoms. The van der Waals surface area contributed by atoms with Crippen molar-refractivity contribution in [2.75, 3.05) is 24.8 Å². The van der Waals surface area contributed by atoms with Gasteiger partial charge in [0.05, 0.1) is 22.5 Å². The Morgan fingerprint density at radius 3 is 2.64 bits per heavy atom. The maximum absolute atomic E-state index is 12.6. The molecule has 1 atom stereocenters. The fourth-order valence-corrected chi connectivity index (χ4v) is 5.62. The van der Waals surface area contributed by atoms with E-state index in [1.54, 1.807) is 31.3 Å². The molecule has 0 radical (unpaired) electrons. The number of benzene rings is 1. The predicted molar refractivity (Wildman–Crippen MR) is 92.7 cm³/mol. The molecular formula is C15H19N3O5S2. The number of hydrogen-bond donors (Lipinski definition) is 0. The Kier molecular flexibility index (Phi) is 4.36. The molecule has 2 heterocycles. The average molecular weight is 385 g/mol. The molecule has 3 rings (SSSR count). The summed E-state index contributed by atoms with van der Waals surface area (Å²) in [6, 6.07) is 6.48. The van der Waals surface area contributed by atoms with Gasteiger partial charge in [-0.25, -0.2) is 21.8 Å². The Morgan fingerprint density at radius 2 is 2.04 bits per heavy atom. The molecular weight excluding hydrogens is 366 g/mol. The van der Waals surface area contributed by atoms with E-state index in [4.69, 9.17) is 0 Å². The summed E-state index contributed by atoms with van der Waals surface area (Å²) < 4.78 is 48.7. The minimum atomic E-state index is -3.62. The molecule has 1 amide bonds. The molecule has 8 nitrogen and oxygen atoms in total. The van der Waals surface area contributed by atoms with Gasteiger partial charge in [0.25, 0.3) is 0 Å². The highest BCUT2D eigenvalue weighted by Crippen LogP contribution is 2.21. The van der Waals surface area contributed by atoms with Crippen LogP contribution < -0.4 is 0 Å². The molecule has 0 aliphatic carbocycles.